The molecule has 8 unspecified atom stereocenters. The Balaban J connectivity index is 2.10. The van der Waals surface area contributed by atoms with Crippen molar-refractivity contribution in [3.8, 4) is 5.75 Å². The highest BCUT2D eigenvalue weighted by Crippen LogP contribution is 2.69. The van der Waals surface area contributed by atoms with E-state index in [1.807, 2.05) is 38.1 Å². The molecule has 0 amide bonds. The van der Waals surface area contributed by atoms with Crippen LogP contribution in [0.3, 0.4) is 0 Å². The molecule has 2 N–H and O–H groups in total. The highest BCUT2D eigenvalue weighted by atomic mass is 35.5. The molecule has 1 aliphatic heterocycles. The molecule has 0 bridgehead atoms. The molecule has 212 valence electrons. The van der Waals surface area contributed by atoms with Crippen LogP contribution in [0.1, 0.15) is 36.6 Å². The quantitative estimate of drug-likeness (QED) is 0.229. The number of ether oxygens (including phenoxy) is 2. The van der Waals surface area contributed by atoms with Gasteiger partial charge in [0.25, 0.3) is 0 Å². The van der Waals surface area contributed by atoms with Crippen molar-refractivity contribution in [2.45, 2.75) is 44.1 Å². The van der Waals surface area contributed by atoms with Gasteiger partial charge in [0, 0.05) is 31.5 Å². The van der Waals surface area contributed by atoms with Gasteiger partial charge in [-0.1, -0.05) is 63.5 Å². The summed E-state index contributed by atoms with van der Waals surface area (Å²) in [6, 6.07) is 12.8. The van der Waals surface area contributed by atoms with Crippen LogP contribution in [0.4, 0.5) is 0 Å². The monoisotopic (exact) mass is 694 g/mol. The maximum absolute atomic E-state index is 12.2. The summed E-state index contributed by atoms with van der Waals surface area (Å²) in [6.07, 6.45) is -2.63. The Bertz CT molecular complexity index is 1040. The predicted molar refractivity (Wildman–Crippen MR) is 177 cm³/mol. The van der Waals surface area contributed by atoms with Gasteiger partial charge in [-0.15, -0.1) is 8.93 Å². The van der Waals surface area contributed by atoms with E-state index in [1.165, 1.54) is 0 Å². The molecule has 1 aliphatic rings. The van der Waals surface area contributed by atoms with Gasteiger partial charge in [0.2, 0.25) is 5.79 Å². The number of hydrogen-bond acceptors (Lipinski definition) is 7. The van der Waals surface area contributed by atoms with Crippen LogP contribution in [0, 0.1) is 5.92 Å². The minimum absolute atomic E-state index is 0.239. The van der Waals surface area contributed by atoms with Gasteiger partial charge in [-0.05, 0) is 44.7 Å². The van der Waals surface area contributed by atoms with Crippen LogP contribution in [0.25, 0.3) is 0 Å². The van der Waals surface area contributed by atoms with Gasteiger partial charge in [-0.3, -0.25) is 0 Å². The van der Waals surface area contributed by atoms with E-state index in [0.29, 0.717) is 30.7 Å². The fourth-order valence-corrected chi connectivity index (χ4v) is 8.31. The summed E-state index contributed by atoms with van der Waals surface area (Å²) in [4.78, 5) is 0. The molecule has 0 aromatic heterocycles. The van der Waals surface area contributed by atoms with Crippen molar-refractivity contribution in [2.24, 2.45) is 5.92 Å². The lowest BCUT2D eigenvalue weighted by Crippen LogP contribution is -2.61. The van der Waals surface area contributed by atoms with E-state index in [0.717, 1.165) is 11.3 Å². The van der Waals surface area contributed by atoms with E-state index in [4.69, 9.17) is 34.6 Å². The van der Waals surface area contributed by atoms with Crippen molar-refractivity contribution in [3.63, 3.8) is 0 Å². The summed E-state index contributed by atoms with van der Waals surface area (Å²) < 4.78 is 30.3. The third kappa shape index (κ3) is 8.21. The number of hydrogen-bond donors (Lipinski definition) is 2. The van der Waals surface area contributed by atoms with E-state index in [2.05, 4.69) is 45.2 Å². The van der Waals surface area contributed by atoms with Gasteiger partial charge in [-0.2, -0.15) is 0 Å². The zero-order valence-electron chi connectivity index (χ0n) is 20.9. The Kier molecular flexibility index (Phi) is 14.4. The van der Waals surface area contributed by atoms with Crippen LogP contribution < -0.4 is 4.74 Å². The first-order chi connectivity index (χ1) is 18.1. The van der Waals surface area contributed by atoms with Crippen LogP contribution in [-0.2, 0) is 24.1 Å². The average molecular weight is 695 g/mol. The van der Waals surface area contributed by atoms with Crippen LogP contribution in [0.2, 0.25) is 5.02 Å². The van der Waals surface area contributed by atoms with E-state index in [-0.39, 0.29) is 12.5 Å². The first kappa shape index (κ1) is 34.2. The molecule has 2 aromatic carbocycles. The van der Waals surface area contributed by atoms with Crippen molar-refractivity contribution in [3.05, 3.63) is 64.2 Å². The number of aliphatic hydroxyl groups excluding tert-OH is 1. The van der Waals surface area contributed by atoms with Gasteiger partial charge >= 0.3 is 0 Å². The SMILES string of the molecule is CCOc1ccc(C(OP)c2cc([C@]3(O)O[C@H](CO)[C@@H](C)[C@H](OP(P)P)[C@H]3OP(P)PP)ccc2Cl)cc1. The van der Waals surface area contributed by atoms with Crippen molar-refractivity contribution in [2.75, 3.05) is 13.2 Å². The van der Waals surface area contributed by atoms with Gasteiger partial charge in [0.15, 0.2) is 0 Å². The Labute approximate surface area is 245 Å². The summed E-state index contributed by atoms with van der Waals surface area (Å²) in [5.74, 6) is -1.40. The molecule has 0 spiro atoms. The summed E-state index contributed by atoms with van der Waals surface area (Å²) in [7, 11) is 11.5. The number of rotatable bonds is 12. The van der Waals surface area contributed by atoms with Crippen molar-refractivity contribution >= 4 is 79.8 Å². The molecule has 7 nitrogen and oxygen atoms in total. The molecule has 0 radical (unpaired) electrons. The van der Waals surface area contributed by atoms with Crippen LogP contribution >= 0.6 is 79.8 Å². The summed E-state index contributed by atoms with van der Waals surface area (Å²) in [5.41, 5.74) is 1.91. The fraction of sp³-hybridized carbons (Fsp3) is 0.455. The van der Waals surface area contributed by atoms with E-state index in [1.54, 1.807) is 18.2 Å². The topological polar surface area (TPSA) is 86.6 Å². The largest absolute Gasteiger partial charge is 0.494 e. The van der Waals surface area contributed by atoms with Gasteiger partial charge in [0.05, 0.1) is 40.5 Å². The Morgan fingerprint density at radius 2 is 1.84 bits per heavy atom. The molecule has 2 aromatic rings. The lowest BCUT2D eigenvalue weighted by molar-refractivity contribution is -0.337. The molecule has 1 fully saturated rings. The van der Waals surface area contributed by atoms with Crippen LogP contribution in [0.5, 0.6) is 5.75 Å². The number of aliphatic hydroxyl groups is 2. The lowest BCUT2D eigenvalue weighted by atomic mass is 9.83. The molecule has 16 heteroatoms. The zero-order chi connectivity index (χ0) is 28.0. The highest BCUT2D eigenvalue weighted by Gasteiger charge is 2.56. The van der Waals surface area contributed by atoms with Gasteiger partial charge < -0.3 is 33.3 Å². The smallest absolute Gasteiger partial charge is 0.223 e. The molecular weight excluding hydrogens is 659 g/mol. The van der Waals surface area contributed by atoms with E-state index >= 15 is 0 Å². The summed E-state index contributed by atoms with van der Waals surface area (Å²) >= 11 is 6.67. The van der Waals surface area contributed by atoms with E-state index in [9.17, 15) is 10.2 Å². The van der Waals surface area contributed by atoms with Crippen molar-refractivity contribution in [1.82, 2.24) is 0 Å². The zero-order valence-corrected chi connectivity index (χ0v) is 30.3. The molecule has 0 aliphatic carbocycles. The highest BCUT2D eigenvalue weighted by molar-refractivity contribution is 8.59. The standard InChI is InChI=1S/C22H35ClO7P8/c1-3-26-15-7-4-13(5-8-15)20(28-31)16-10-14(6-9-17(16)23)22(25)21(30-38(35)36-32)19(29-37(33)34)12(2)18(11-24)27-22/h4-10,12,18-21,24-25,36H,3,11,31-35H2,1-2H3/t12-,18-,19+,20?,21-,22+,38?/m1/s1. The molecule has 38 heavy (non-hydrogen) atoms. The molecule has 13 atom stereocenters. The Morgan fingerprint density at radius 3 is 2.39 bits per heavy atom. The lowest BCUT2D eigenvalue weighted by Gasteiger charge is -2.50. The van der Waals surface area contributed by atoms with Crippen LogP contribution in [0.15, 0.2) is 42.5 Å². The molecule has 3 rings (SSSR count). The average Bonchev–Trinajstić information content (AvgIpc) is 2.90. The predicted octanol–water partition coefficient (Wildman–Crippen LogP) is 7.13. The number of benzene rings is 2. The maximum Gasteiger partial charge on any atom is 0.223 e. The molecule has 0 saturated carbocycles. The van der Waals surface area contributed by atoms with E-state index < -0.39 is 45.3 Å². The second kappa shape index (κ2) is 16.0. The van der Waals surface area contributed by atoms with Crippen molar-refractivity contribution < 1.29 is 33.3 Å². The first-order valence-electron chi connectivity index (χ1n) is 11.6. The Hall–Kier alpha value is 1.73. The normalized spacial score (nSPS) is 27.7. The van der Waals surface area contributed by atoms with Gasteiger partial charge in [0.1, 0.15) is 18.0 Å². The number of halogens is 1. The third-order valence-corrected chi connectivity index (χ3v) is 16.5. The first-order valence-corrected chi connectivity index (χ1v) is 23.5. The van der Waals surface area contributed by atoms with Crippen LogP contribution in [-0.4, -0.2) is 41.7 Å². The third-order valence-electron chi connectivity index (χ3n) is 6.22. The maximum atomic E-state index is 12.2. The second-order valence-electron chi connectivity index (χ2n) is 8.56. The summed E-state index contributed by atoms with van der Waals surface area (Å²) in [5, 5.41) is 22.8. The second-order valence-corrected chi connectivity index (χ2v) is 23.5. The molecule has 1 saturated heterocycles. The van der Waals surface area contributed by atoms with Gasteiger partial charge in [-0.25, -0.2) is 0 Å². The fourth-order valence-electron chi connectivity index (χ4n) is 4.33. The molecular formula is C22H35ClO7P8. The van der Waals surface area contributed by atoms with Crippen molar-refractivity contribution in [1.29, 1.82) is 0 Å². The minimum atomic E-state index is -1.92. The Morgan fingerprint density at radius 1 is 1.16 bits per heavy atom. The molecule has 1 heterocycles. The minimum Gasteiger partial charge on any atom is -0.494 e. The summed E-state index contributed by atoms with van der Waals surface area (Å²) in [6.45, 7) is 4.15.